The molecule has 1 saturated heterocycles. The molecule has 0 radical (unpaired) electrons. The molecule has 9 nitrogen and oxygen atoms in total. The highest BCUT2D eigenvalue weighted by Crippen LogP contribution is 2.42. The van der Waals surface area contributed by atoms with Gasteiger partial charge in [0.1, 0.15) is 18.3 Å². The number of nitrogens with zero attached hydrogens (tertiary/aromatic N) is 1. The van der Waals surface area contributed by atoms with Crippen LogP contribution in [0.1, 0.15) is 61.6 Å². The Bertz CT molecular complexity index is 855. The summed E-state index contributed by atoms with van der Waals surface area (Å²) in [6.45, 7) is 17.5. The van der Waals surface area contributed by atoms with Crippen molar-refractivity contribution in [2.24, 2.45) is 0 Å². The summed E-state index contributed by atoms with van der Waals surface area (Å²) < 4.78 is 26.5. The van der Waals surface area contributed by atoms with Crippen molar-refractivity contribution >= 4 is 17.6 Å². The summed E-state index contributed by atoms with van der Waals surface area (Å²) in [4.78, 5) is 26.1. The van der Waals surface area contributed by atoms with E-state index in [4.69, 9.17) is 18.0 Å². The first kappa shape index (κ1) is 28.2. The maximum atomic E-state index is 12.4. The van der Waals surface area contributed by atoms with Crippen LogP contribution in [-0.2, 0) is 18.0 Å². The van der Waals surface area contributed by atoms with Crippen LogP contribution in [-0.4, -0.2) is 64.3 Å². The zero-order chi connectivity index (χ0) is 25.1. The highest BCUT2D eigenvalue weighted by molar-refractivity contribution is 6.78. The first-order valence-corrected chi connectivity index (χ1v) is 15.6. The third kappa shape index (κ3) is 6.13. The number of aromatic nitrogens is 2. The molecule has 0 saturated carbocycles. The van der Waals surface area contributed by atoms with Crippen LogP contribution in [0.15, 0.2) is 21.9 Å². The van der Waals surface area contributed by atoms with E-state index in [1.54, 1.807) is 7.11 Å². The van der Waals surface area contributed by atoms with E-state index in [0.717, 1.165) is 0 Å². The maximum Gasteiger partial charge on any atom is 0.333 e. The minimum absolute atomic E-state index is 0.134. The van der Waals surface area contributed by atoms with Crippen molar-refractivity contribution in [2.75, 3.05) is 13.7 Å². The number of methoxy groups -OCH3 is 1. The molecule has 0 aromatic carbocycles. The molecular weight excluding hydrogens is 460 g/mol. The van der Waals surface area contributed by atoms with E-state index in [-0.39, 0.29) is 17.7 Å². The number of aliphatic hydroxyl groups is 1. The molecule has 0 amide bonds. The van der Waals surface area contributed by atoms with Crippen molar-refractivity contribution in [2.45, 2.75) is 102 Å². The zero-order valence-corrected chi connectivity index (χ0v) is 23.6. The fourth-order valence-corrected chi connectivity index (χ4v) is 15.1. The molecule has 0 bridgehead atoms. The molecule has 2 rings (SSSR count). The van der Waals surface area contributed by atoms with Crippen molar-refractivity contribution in [1.82, 2.24) is 9.55 Å². The fourth-order valence-electron chi connectivity index (χ4n) is 4.73. The van der Waals surface area contributed by atoms with Gasteiger partial charge in [-0.05, 0) is 22.2 Å². The minimum atomic E-state index is -2.85. The number of hydrogen-bond acceptors (Lipinski definition) is 7. The Kier molecular flexibility index (Phi) is 9.86. The SMILES string of the molecule is COC[C@H]1O[C@H](n2ccc(=O)[nH]c2=O)[C@H](O)[C@@H]1O[Si](O[SiH](C(C)C)C(C)C)(C(C)C)C(C)C. The van der Waals surface area contributed by atoms with Crippen molar-refractivity contribution in [3.8, 4) is 0 Å². The van der Waals surface area contributed by atoms with Crippen molar-refractivity contribution in [3.63, 3.8) is 0 Å². The number of aliphatic hydroxyl groups excluding tert-OH is 1. The van der Waals surface area contributed by atoms with Gasteiger partial charge in [0.05, 0.1) is 6.61 Å². The molecule has 1 aromatic heterocycles. The van der Waals surface area contributed by atoms with E-state index in [1.807, 2.05) is 0 Å². The quantitative estimate of drug-likeness (QED) is 0.447. The number of H-pyrrole nitrogens is 1. The second-order valence-electron chi connectivity index (χ2n) is 10.2. The van der Waals surface area contributed by atoms with Gasteiger partial charge in [0.25, 0.3) is 5.56 Å². The molecule has 1 aliphatic heterocycles. The summed E-state index contributed by atoms with van der Waals surface area (Å²) >= 11 is 0. The molecule has 0 unspecified atom stereocenters. The van der Waals surface area contributed by atoms with E-state index in [9.17, 15) is 14.7 Å². The lowest BCUT2D eigenvalue weighted by atomic mass is 10.1. The minimum Gasteiger partial charge on any atom is -0.437 e. The first-order valence-electron chi connectivity index (χ1n) is 11.8. The number of nitrogens with one attached hydrogen (secondary N) is 1. The Balaban J connectivity index is 2.47. The van der Waals surface area contributed by atoms with Crippen LogP contribution in [0.4, 0.5) is 0 Å². The van der Waals surface area contributed by atoms with Crippen LogP contribution in [0.3, 0.4) is 0 Å². The van der Waals surface area contributed by atoms with Gasteiger partial charge in [-0.3, -0.25) is 14.3 Å². The van der Waals surface area contributed by atoms with Gasteiger partial charge < -0.3 is 23.1 Å². The van der Waals surface area contributed by atoms with Crippen molar-refractivity contribution in [1.29, 1.82) is 0 Å². The van der Waals surface area contributed by atoms with Gasteiger partial charge >= 0.3 is 14.3 Å². The highest BCUT2D eigenvalue weighted by atomic mass is 28.4. The van der Waals surface area contributed by atoms with Crippen LogP contribution < -0.4 is 11.2 Å². The normalized spacial score (nSPS) is 24.2. The van der Waals surface area contributed by atoms with Crippen LogP contribution in [0.25, 0.3) is 0 Å². The Morgan fingerprint density at radius 1 is 1.12 bits per heavy atom. The molecule has 2 heterocycles. The van der Waals surface area contributed by atoms with E-state index in [1.165, 1.54) is 16.8 Å². The molecule has 11 heteroatoms. The molecule has 1 aromatic rings. The van der Waals surface area contributed by atoms with E-state index < -0.39 is 53.4 Å². The van der Waals surface area contributed by atoms with Gasteiger partial charge in [-0.1, -0.05) is 55.4 Å². The standard InChI is InChI=1S/C22H42N2O7Si2/c1-13(2)32(14(3)4)31-33(15(5)6,16(7)8)30-20-17(12-28-9)29-21(19(20)26)24-11-10-18(25)23-22(24)27/h10-11,13-17,19-21,26,32H,12H2,1-9H3,(H,23,25,27)/t17-,19-,20-,21+/m1/s1. The van der Waals surface area contributed by atoms with Gasteiger partial charge in [-0.15, -0.1) is 0 Å². The van der Waals surface area contributed by atoms with Crippen LogP contribution in [0.5, 0.6) is 0 Å². The molecule has 1 aliphatic rings. The number of ether oxygens (including phenoxy) is 2. The topological polar surface area (TPSA) is 112 Å². The smallest absolute Gasteiger partial charge is 0.333 e. The van der Waals surface area contributed by atoms with E-state index in [0.29, 0.717) is 11.1 Å². The lowest BCUT2D eigenvalue weighted by Gasteiger charge is -2.44. The Hall–Kier alpha value is -1.09. The summed E-state index contributed by atoms with van der Waals surface area (Å²) in [6, 6.07) is 1.23. The largest absolute Gasteiger partial charge is 0.437 e. The Morgan fingerprint density at radius 2 is 1.70 bits per heavy atom. The third-order valence-corrected chi connectivity index (χ3v) is 15.4. The van der Waals surface area contributed by atoms with Crippen molar-refractivity contribution in [3.05, 3.63) is 33.1 Å². The van der Waals surface area contributed by atoms with E-state index in [2.05, 4.69) is 60.4 Å². The summed E-state index contributed by atoms with van der Waals surface area (Å²) in [6.07, 6.45) is -2.15. The fraction of sp³-hybridized carbons (Fsp3) is 0.818. The van der Waals surface area contributed by atoms with Crippen LogP contribution >= 0.6 is 0 Å². The van der Waals surface area contributed by atoms with E-state index >= 15 is 0 Å². The molecular formula is C22H42N2O7Si2. The molecule has 1 fully saturated rings. The number of rotatable bonds is 11. The Labute approximate surface area is 199 Å². The summed E-state index contributed by atoms with van der Waals surface area (Å²) in [7, 11) is -2.93. The maximum absolute atomic E-state index is 12.4. The highest BCUT2D eigenvalue weighted by Gasteiger charge is 2.55. The zero-order valence-electron chi connectivity index (χ0n) is 21.4. The lowest BCUT2D eigenvalue weighted by molar-refractivity contribution is -0.0615. The molecule has 33 heavy (non-hydrogen) atoms. The van der Waals surface area contributed by atoms with Gasteiger partial charge in [0.2, 0.25) is 0 Å². The summed E-state index contributed by atoms with van der Waals surface area (Å²) in [5.74, 6) is 0. The molecule has 0 aliphatic carbocycles. The number of hydrogen-bond donors (Lipinski definition) is 2. The lowest BCUT2D eigenvalue weighted by Crippen LogP contribution is -2.57. The second kappa shape index (κ2) is 11.6. The average Bonchev–Trinajstić information content (AvgIpc) is 2.99. The third-order valence-electron chi connectivity index (χ3n) is 6.33. The van der Waals surface area contributed by atoms with Gasteiger partial charge in [-0.25, -0.2) is 4.79 Å². The number of aromatic amines is 1. The average molecular weight is 503 g/mol. The molecule has 2 N–H and O–H groups in total. The van der Waals surface area contributed by atoms with Crippen LogP contribution in [0, 0.1) is 0 Å². The van der Waals surface area contributed by atoms with Crippen molar-refractivity contribution < 1.29 is 23.1 Å². The molecule has 0 spiro atoms. The van der Waals surface area contributed by atoms with Gasteiger partial charge in [-0.2, -0.15) is 0 Å². The monoisotopic (exact) mass is 502 g/mol. The van der Waals surface area contributed by atoms with Crippen LogP contribution in [0.2, 0.25) is 22.2 Å². The predicted octanol–water partition coefficient (Wildman–Crippen LogP) is 2.65. The van der Waals surface area contributed by atoms with Gasteiger partial charge in [0, 0.05) is 19.4 Å². The first-order chi connectivity index (χ1) is 15.3. The Morgan fingerprint density at radius 3 is 2.15 bits per heavy atom. The second-order valence-corrected chi connectivity index (χ2v) is 18.7. The van der Waals surface area contributed by atoms with Gasteiger partial charge in [0.15, 0.2) is 15.3 Å². The summed E-state index contributed by atoms with van der Waals surface area (Å²) in [5.41, 5.74) is -0.0221. The molecule has 4 atom stereocenters. The predicted molar refractivity (Wildman–Crippen MR) is 132 cm³/mol. The summed E-state index contributed by atoms with van der Waals surface area (Å²) in [5, 5.41) is 11.3. The molecule has 190 valence electrons.